The van der Waals surface area contributed by atoms with Crippen LogP contribution in [0.5, 0.6) is 0 Å². The van der Waals surface area contributed by atoms with E-state index >= 15 is 0 Å². The predicted molar refractivity (Wildman–Crippen MR) is 157 cm³/mol. The van der Waals surface area contributed by atoms with E-state index in [1.807, 2.05) is 11.0 Å². The van der Waals surface area contributed by atoms with Crippen molar-refractivity contribution in [1.29, 1.82) is 0 Å². The van der Waals surface area contributed by atoms with Crippen molar-refractivity contribution in [1.82, 2.24) is 9.97 Å². The van der Waals surface area contributed by atoms with Gasteiger partial charge < -0.3 is 10.0 Å². The van der Waals surface area contributed by atoms with Gasteiger partial charge >= 0.3 is 6.18 Å². The molecule has 0 bridgehead atoms. The van der Waals surface area contributed by atoms with Gasteiger partial charge in [0.25, 0.3) is 10.0 Å². The summed E-state index contributed by atoms with van der Waals surface area (Å²) < 4.78 is 70.5. The molecule has 0 radical (unpaired) electrons. The molecule has 2 N–H and O–H groups in total. The first kappa shape index (κ1) is 31.8. The van der Waals surface area contributed by atoms with E-state index in [1.165, 1.54) is 18.2 Å². The molecule has 11 heteroatoms. The summed E-state index contributed by atoms with van der Waals surface area (Å²) in [7, 11) is -4.29. The summed E-state index contributed by atoms with van der Waals surface area (Å²) in [6, 6.07) is 12.7. The van der Waals surface area contributed by atoms with Crippen LogP contribution in [0.1, 0.15) is 49.7 Å². The number of sulfonamides is 1. The number of aliphatic hydroxyl groups is 1. The van der Waals surface area contributed by atoms with Crippen LogP contribution in [-0.2, 0) is 16.2 Å². The number of allylic oxidation sites excluding steroid dienone is 1. The van der Waals surface area contributed by atoms with Gasteiger partial charge in [0.15, 0.2) is 5.03 Å². The highest BCUT2D eigenvalue weighted by Crippen LogP contribution is 2.38. The molecule has 0 aliphatic carbocycles. The van der Waals surface area contributed by atoms with E-state index in [-0.39, 0.29) is 23.0 Å². The maximum Gasteiger partial charge on any atom is 0.418 e. The van der Waals surface area contributed by atoms with Crippen LogP contribution in [0.15, 0.2) is 78.9 Å². The van der Waals surface area contributed by atoms with E-state index in [9.17, 15) is 21.6 Å². The van der Waals surface area contributed by atoms with E-state index in [0.29, 0.717) is 30.9 Å². The number of hydrogen-bond donors (Lipinski definition) is 2. The smallest absolute Gasteiger partial charge is 0.396 e. The zero-order valence-electron chi connectivity index (χ0n) is 22.8. The Morgan fingerprint density at radius 1 is 0.902 bits per heavy atom. The van der Waals surface area contributed by atoms with Gasteiger partial charge in [-0.1, -0.05) is 49.1 Å². The van der Waals surface area contributed by atoms with Crippen molar-refractivity contribution in [2.24, 2.45) is 0 Å². The molecule has 220 valence electrons. The van der Waals surface area contributed by atoms with Gasteiger partial charge in [0, 0.05) is 25.3 Å². The average Bonchev–Trinajstić information content (AvgIpc) is 2.95. The number of aliphatic hydroxyl groups excluding tert-OH is 1. The molecule has 41 heavy (non-hydrogen) atoms. The highest BCUT2D eigenvalue weighted by Gasteiger charge is 2.35. The molecule has 0 aliphatic rings. The number of aromatic nitrogens is 2. The Labute approximate surface area is 239 Å². The Balaban J connectivity index is 1.92. The molecule has 7 nitrogen and oxygen atoms in total. The number of benzene rings is 1. The van der Waals surface area contributed by atoms with Crippen molar-refractivity contribution in [3.05, 3.63) is 85.0 Å². The van der Waals surface area contributed by atoms with Crippen LogP contribution in [0, 0.1) is 0 Å². The van der Waals surface area contributed by atoms with Gasteiger partial charge in [0.1, 0.15) is 11.6 Å². The second-order valence-corrected chi connectivity index (χ2v) is 11.0. The second kappa shape index (κ2) is 14.8. The summed E-state index contributed by atoms with van der Waals surface area (Å²) in [5, 5.41) is 8.80. The fraction of sp³-hybridized carbons (Fsp3) is 0.333. The molecular weight excluding hydrogens is 553 g/mol. The van der Waals surface area contributed by atoms with Crippen LogP contribution in [0.2, 0.25) is 0 Å². The third-order valence-electron chi connectivity index (χ3n) is 6.36. The standard InChI is InChI=1S/C30H35F3N4O3S/c1-3-5-6-10-20-37(21-11-7-12-22-38)27-16-13-17-28(35-27)41(39,40)36-26-19-18-25(30(31,32)33)29(34-26)24-15-9-8-14-23(24)4-2/h3-4,8-9,13-19,38H,1-2,5-7,10-12,20-22H2,(H,34,36). The summed E-state index contributed by atoms with van der Waals surface area (Å²) in [4.78, 5) is 10.5. The molecule has 0 aliphatic heterocycles. The minimum Gasteiger partial charge on any atom is -0.396 e. The van der Waals surface area contributed by atoms with E-state index in [0.717, 1.165) is 44.2 Å². The lowest BCUT2D eigenvalue weighted by Crippen LogP contribution is -2.27. The lowest BCUT2D eigenvalue weighted by Gasteiger charge is -2.24. The monoisotopic (exact) mass is 588 g/mol. The first-order valence-electron chi connectivity index (χ1n) is 13.4. The van der Waals surface area contributed by atoms with E-state index in [1.54, 1.807) is 30.3 Å². The number of nitrogens with zero attached hydrogens (tertiary/aromatic N) is 3. The molecule has 2 aromatic heterocycles. The van der Waals surface area contributed by atoms with Crippen LogP contribution in [0.3, 0.4) is 0 Å². The van der Waals surface area contributed by atoms with Crippen LogP contribution in [0.4, 0.5) is 24.8 Å². The lowest BCUT2D eigenvalue weighted by molar-refractivity contribution is -0.137. The molecule has 0 fully saturated rings. The van der Waals surface area contributed by atoms with Gasteiger partial charge in [0.2, 0.25) is 0 Å². The quantitative estimate of drug-likeness (QED) is 0.139. The van der Waals surface area contributed by atoms with Crippen molar-refractivity contribution < 1.29 is 26.7 Å². The summed E-state index contributed by atoms with van der Waals surface area (Å²) in [6.07, 6.45) is 3.48. The maximum absolute atomic E-state index is 13.9. The molecule has 0 spiro atoms. The highest BCUT2D eigenvalue weighted by atomic mass is 32.2. The average molecular weight is 589 g/mol. The van der Waals surface area contributed by atoms with Crippen molar-refractivity contribution in [3.63, 3.8) is 0 Å². The lowest BCUT2D eigenvalue weighted by atomic mass is 10.00. The molecule has 0 amide bonds. The Hall–Kier alpha value is -3.70. The molecule has 0 atom stereocenters. The Bertz CT molecular complexity index is 1430. The third-order valence-corrected chi connectivity index (χ3v) is 7.61. The molecule has 3 rings (SSSR count). The summed E-state index contributed by atoms with van der Waals surface area (Å²) in [6.45, 7) is 8.79. The number of hydrogen-bond acceptors (Lipinski definition) is 6. The largest absolute Gasteiger partial charge is 0.418 e. The Morgan fingerprint density at radius 2 is 1.63 bits per heavy atom. The van der Waals surface area contributed by atoms with Crippen LogP contribution < -0.4 is 9.62 Å². The summed E-state index contributed by atoms with van der Waals surface area (Å²) in [5.74, 6) is 0.195. The normalized spacial score (nSPS) is 11.7. The van der Waals surface area contributed by atoms with Crippen molar-refractivity contribution in [2.75, 3.05) is 29.3 Å². The van der Waals surface area contributed by atoms with Gasteiger partial charge in [-0.3, -0.25) is 4.72 Å². The minimum atomic E-state index is -4.71. The van der Waals surface area contributed by atoms with Gasteiger partial charge in [-0.15, -0.1) is 6.58 Å². The van der Waals surface area contributed by atoms with Gasteiger partial charge in [0.05, 0.1) is 11.3 Å². The van der Waals surface area contributed by atoms with E-state index in [4.69, 9.17) is 5.11 Å². The molecule has 0 unspecified atom stereocenters. The SMILES string of the molecule is C=CCCCCN(CCCCCO)c1cccc(S(=O)(=O)Nc2ccc(C(F)(F)F)c(-c3ccccc3C=C)n2)n1. The van der Waals surface area contributed by atoms with Crippen molar-refractivity contribution >= 4 is 27.7 Å². The molecule has 1 aromatic carbocycles. The third kappa shape index (κ3) is 8.89. The topological polar surface area (TPSA) is 95.4 Å². The van der Waals surface area contributed by atoms with Crippen molar-refractivity contribution in [3.8, 4) is 11.3 Å². The molecule has 0 saturated heterocycles. The van der Waals surface area contributed by atoms with Crippen LogP contribution in [0.25, 0.3) is 17.3 Å². The van der Waals surface area contributed by atoms with Crippen molar-refractivity contribution in [2.45, 2.75) is 49.7 Å². The zero-order valence-corrected chi connectivity index (χ0v) is 23.6. The number of rotatable bonds is 16. The first-order chi connectivity index (χ1) is 19.6. The van der Waals surface area contributed by atoms with Gasteiger partial charge in [-0.05, 0) is 68.4 Å². The fourth-order valence-electron chi connectivity index (χ4n) is 4.28. The first-order valence-corrected chi connectivity index (χ1v) is 14.9. The minimum absolute atomic E-state index is 0.107. The zero-order chi connectivity index (χ0) is 29.9. The number of anilines is 2. The number of unbranched alkanes of at least 4 members (excludes halogenated alkanes) is 4. The Kier molecular flexibility index (Phi) is 11.5. The molecular formula is C30H35F3N4O3S. The number of nitrogens with one attached hydrogen (secondary N) is 1. The van der Waals surface area contributed by atoms with E-state index in [2.05, 4.69) is 27.8 Å². The number of pyridine rings is 2. The Morgan fingerprint density at radius 3 is 2.32 bits per heavy atom. The second-order valence-electron chi connectivity index (χ2n) is 9.38. The number of alkyl halides is 3. The molecule has 3 aromatic rings. The summed E-state index contributed by atoms with van der Waals surface area (Å²) in [5.41, 5.74) is -0.817. The molecule has 0 saturated carbocycles. The van der Waals surface area contributed by atoms with Crippen LogP contribution >= 0.6 is 0 Å². The molecule has 2 heterocycles. The summed E-state index contributed by atoms with van der Waals surface area (Å²) >= 11 is 0. The highest BCUT2D eigenvalue weighted by molar-refractivity contribution is 7.92. The maximum atomic E-state index is 13.9. The van der Waals surface area contributed by atoms with E-state index < -0.39 is 27.5 Å². The van der Waals surface area contributed by atoms with Gasteiger partial charge in [-0.25, -0.2) is 9.97 Å². The van der Waals surface area contributed by atoms with Gasteiger partial charge in [-0.2, -0.15) is 21.6 Å². The predicted octanol–water partition coefficient (Wildman–Crippen LogP) is 6.93. The number of halogens is 3. The fourth-order valence-corrected chi connectivity index (χ4v) is 5.25. The van der Waals surface area contributed by atoms with Crippen LogP contribution in [-0.4, -0.2) is 43.2 Å².